The number of anilines is 2. The van der Waals surface area contributed by atoms with E-state index in [-0.39, 0.29) is 67.0 Å². The van der Waals surface area contributed by atoms with E-state index in [9.17, 15) is 31.3 Å². The molecule has 12 nitrogen and oxygen atoms in total. The Morgan fingerprint density at radius 1 is 0.761 bits per heavy atom. The van der Waals surface area contributed by atoms with Gasteiger partial charge in [0.1, 0.15) is 68.2 Å². The largest absolute Gasteiger partial charge is 0.508 e. The maximum absolute atomic E-state index is 9.49. The molecule has 236 valence electrons. The lowest BCUT2D eigenvalue weighted by molar-refractivity contribution is 0.475. The first-order valence-electron chi connectivity index (χ1n) is 12.8. The van der Waals surface area contributed by atoms with E-state index < -0.39 is 0 Å². The van der Waals surface area contributed by atoms with Gasteiger partial charge in [0.15, 0.2) is 0 Å². The smallest absolute Gasteiger partial charge is 0.143 e. The molecule has 0 spiro atoms. The topological polar surface area (TPSA) is 268 Å². The predicted molar refractivity (Wildman–Crippen MR) is 191 cm³/mol. The summed E-state index contributed by atoms with van der Waals surface area (Å²) in [6.07, 6.45) is 0. The molecule has 46 heavy (non-hydrogen) atoms. The highest BCUT2D eigenvalue weighted by atomic mass is 79.9. The highest BCUT2D eigenvalue weighted by molar-refractivity contribution is 9.09. The van der Waals surface area contributed by atoms with Crippen LogP contribution in [0.15, 0.2) is 53.6 Å². The van der Waals surface area contributed by atoms with Crippen molar-refractivity contribution in [2.24, 2.45) is 11.5 Å². The second-order valence-corrected chi connectivity index (χ2v) is 10.9. The lowest BCUT2D eigenvalue weighted by Gasteiger charge is -2.12. The van der Waals surface area contributed by atoms with Crippen LogP contribution in [0.4, 0.5) is 11.6 Å². The van der Waals surface area contributed by atoms with Crippen molar-refractivity contribution in [2.45, 2.75) is 5.03 Å². The van der Waals surface area contributed by atoms with Gasteiger partial charge in [-0.05, 0) is 35.4 Å². The van der Waals surface area contributed by atoms with E-state index in [0.717, 1.165) is 11.9 Å². The minimum absolute atomic E-state index is 0. The molecule has 0 bridgehead atoms. The molecule has 0 radical (unpaired) electrons. The summed E-state index contributed by atoms with van der Waals surface area (Å²) >= 11 is 9.49. The Bertz CT molecular complexity index is 1870. The molecular weight excluding hydrogens is 756 g/mol. The number of aromatic hydroxyl groups is 2. The third kappa shape index (κ3) is 9.93. The van der Waals surface area contributed by atoms with Crippen LogP contribution in [0.1, 0.15) is 22.3 Å². The molecule has 0 unspecified atom stereocenters. The van der Waals surface area contributed by atoms with Gasteiger partial charge in [-0.25, -0.2) is 4.98 Å². The molecule has 0 aliphatic rings. The first-order valence-corrected chi connectivity index (χ1v) is 15.3. The van der Waals surface area contributed by atoms with Crippen molar-refractivity contribution in [1.82, 2.24) is 9.97 Å². The number of phenols is 2. The molecule has 4 aromatic rings. The number of aromatic nitrogens is 2. The Kier molecular flexibility index (Phi) is 16.8. The molecule has 0 aliphatic carbocycles. The number of nitrogen functional groups attached to an aromatic ring is 2. The fraction of sp³-hybridized carbons (Fsp3) is 0.133. The maximum atomic E-state index is 9.49. The van der Waals surface area contributed by atoms with Crippen LogP contribution in [0.5, 0.6) is 11.5 Å². The average Bonchev–Trinajstić information content (AvgIpc) is 3.04. The molecule has 0 fully saturated rings. The minimum atomic E-state index is 0. The van der Waals surface area contributed by atoms with Gasteiger partial charge in [0.05, 0.1) is 11.1 Å². The van der Waals surface area contributed by atoms with Crippen LogP contribution < -0.4 is 22.9 Å². The monoisotopic (exact) mass is 782 g/mol. The number of rotatable bonds is 6. The van der Waals surface area contributed by atoms with Gasteiger partial charge in [-0.15, -0.1) is 28.7 Å². The van der Waals surface area contributed by atoms with Crippen LogP contribution in [0.25, 0.3) is 22.3 Å². The van der Waals surface area contributed by atoms with Crippen LogP contribution in [0, 0.1) is 50.0 Å². The summed E-state index contributed by atoms with van der Waals surface area (Å²) in [6, 6.07) is 20.4. The Balaban J connectivity index is 0.000000407. The number of phenolic OH excluding ortho intramolecular Hbond substituents is 2. The fourth-order valence-electron chi connectivity index (χ4n) is 3.74. The summed E-state index contributed by atoms with van der Waals surface area (Å²) < 4.78 is 0.182. The third-order valence-corrected chi connectivity index (χ3v) is 7.43. The van der Waals surface area contributed by atoms with Gasteiger partial charge in [0, 0.05) is 35.3 Å². The summed E-state index contributed by atoms with van der Waals surface area (Å²) in [5.41, 5.74) is 24.9. The lowest BCUT2D eigenvalue weighted by Crippen LogP contribution is -2.06. The first-order chi connectivity index (χ1) is 21.6. The van der Waals surface area contributed by atoms with E-state index in [1.165, 1.54) is 36.0 Å². The second kappa shape index (κ2) is 19.7. The molecular formula is C30H28Br2N10O2S2. The highest BCUT2D eigenvalue weighted by Gasteiger charge is 2.20. The van der Waals surface area contributed by atoms with Crippen LogP contribution >= 0.6 is 56.9 Å². The van der Waals surface area contributed by atoms with Crippen molar-refractivity contribution in [3.8, 4) is 58.0 Å². The number of nitrogens with zero attached hydrogens (tertiary/aromatic N) is 5. The number of benzene rings is 2. The number of thioether (sulfide) groups is 1. The Hall–Kier alpha value is -4.65. The molecule has 16 heteroatoms. The van der Waals surface area contributed by atoms with Crippen LogP contribution in [-0.4, -0.2) is 44.4 Å². The van der Waals surface area contributed by atoms with Crippen LogP contribution in [0.3, 0.4) is 0 Å². The summed E-state index contributed by atoms with van der Waals surface area (Å²) in [6.45, 7) is 1.17. The number of H-pyrrole nitrogens is 1. The number of alkyl halides is 1. The van der Waals surface area contributed by atoms with E-state index in [2.05, 4.69) is 32.0 Å². The quantitative estimate of drug-likeness (QED) is 0.0755. The number of nitrogens with one attached hydrogen (secondary N) is 1. The zero-order valence-electron chi connectivity index (χ0n) is 24.0. The lowest BCUT2D eigenvalue weighted by atomic mass is 9.97. The van der Waals surface area contributed by atoms with Gasteiger partial charge in [-0.2, -0.15) is 21.0 Å². The molecule has 0 atom stereocenters. The van der Waals surface area contributed by atoms with Gasteiger partial charge in [-0.3, -0.25) is 0 Å². The Labute approximate surface area is 293 Å². The van der Waals surface area contributed by atoms with Gasteiger partial charge >= 0.3 is 0 Å². The second-order valence-electron chi connectivity index (χ2n) is 8.58. The molecule has 2 heterocycles. The summed E-state index contributed by atoms with van der Waals surface area (Å²) in [4.78, 5) is 6.78. The first kappa shape index (κ1) is 39.4. The number of pyridine rings is 2. The van der Waals surface area contributed by atoms with E-state index >= 15 is 0 Å². The number of hydrogen-bond acceptors (Lipinski definition) is 13. The van der Waals surface area contributed by atoms with E-state index in [0.29, 0.717) is 39.6 Å². The van der Waals surface area contributed by atoms with Gasteiger partial charge in [0.2, 0.25) is 0 Å². The highest BCUT2D eigenvalue weighted by Crippen LogP contribution is 2.36. The molecule has 4 rings (SSSR count). The zero-order chi connectivity index (χ0) is 33.5. The Morgan fingerprint density at radius 2 is 1.20 bits per heavy atom. The van der Waals surface area contributed by atoms with Crippen molar-refractivity contribution >= 4 is 68.5 Å². The predicted octanol–water partition coefficient (Wildman–Crippen LogP) is 5.19. The van der Waals surface area contributed by atoms with Crippen molar-refractivity contribution in [3.05, 3.63) is 75.4 Å². The summed E-state index contributed by atoms with van der Waals surface area (Å²) in [7, 11) is 0. The van der Waals surface area contributed by atoms with E-state index in [1.807, 2.05) is 18.2 Å². The van der Waals surface area contributed by atoms with Crippen molar-refractivity contribution < 1.29 is 10.2 Å². The average molecular weight is 785 g/mol. The number of halogens is 2. The molecule has 2 aromatic carbocycles. The number of nitriles is 4. The molecule has 0 saturated heterocycles. The Morgan fingerprint density at radius 3 is 1.59 bits per heavy atom. The molecule has 0 saturated carbocycles. The number of aromatic amines is 1. The molecule has 0 aliphatic heterocycles. The maximum Gasteiger partial charge on any atom is 0.143 e. The summed E-state index contributed by atoms with van der Waals surface area (Å²) in [5.74, 6) is 0.969. The minimum Gasteiger partial charge on any atom is -0.508 e. The van der Waals surface area contributed by atoms with Crippen molar-refractivity contribution in [1.29, 1.82) is 21.0 Å². The normalized spacial score (nSPS) is 9.37. The third-order valence-electron chi connectivity index (χ3n) is 5.66. The van der Waals surface area contributed by atoms with Gasteiger partial charge in [-0.1, -0.05) is 52.4 Å². The van der Waals surface area contributed by atoms with Crippen molar-refractivity contribution in [3.63, 3.8) is 0 Å². The van der Waals surface area contributed by atoms with Crippen LogP contribution in [-0.2, 0) is 0 Å². The van der Waals surface area contributed by atoms with Gasteiger partial charge in [0.25, 0.3) is 0 Å². The standard InChI is InChI=1S/C15H13N5OS.C13H8N4OS.C2H6BrN.BrH/c16-5-6-22-15-12(8-18)13(11(7-17)14(19)20-15)9-1-3-10(21)4-2-9;14-5-9-11(7-1-3-8(18)4-2-7)10(6-15)13(19)17-12(9)16;3-1-2-4;/h1-4,21H,5-6,16H2,(H2,19,20);1-4,18H,(H3,16,17,19);1-2,4H2;1H. The molecule has 0 amide bonds. The SMILES string of the molecule is Br.N#Cc1c(N)[nH]c(=S)c(C#N)c1-c1ccc(O)cc1.N#Cc1c(N)nc(SCCN)c(C#N)c1-c1ccc(O)cc1.NCCBr. The van der Waals surface area contributed by atoms with E-state index in [4.69, 9.17) is 35.2 Å². The summed E-state index contributed by atoms with van der Waals surface area (Å²) in [5, 5.41) is 57.3. The fourth-order valence-corrected chi connectivity index (χ4v) is 4.76. The molecule has 11 N–H and O–H groups in total. The van der Waals surface area contributed by atoms with Crippen molar-refractivity contribution in [2.75, 3.05) is 35.6 Å². The van der Waals surface area contributed by atoms with E-state index in [1.54, 1.807) is 24.3 Å². The molecule has 2 aromatic heterocycles. The number of nitrogens with two attached hydrogens (primary N) is 4. The van der Waals surface area contributed by atoms with Gasteiger partial charge < -0.3 is 38.1 Å². The zero-order valence-corrected chi connectivity index (χ0v) is 28.9. The van der Waals surface area contributed by atoms with Crippen LogP contribution in [0.2, 0.25) is 0 Å². The number of hydrogen-bond donors (Lipinski definition) is 7.